The van der Waals surface area contributed by atoms with Gasteiger partial charge in [-0.05, 0) is 98.6 Å². The molecule has 1 radical (unpaired) electrons. The van der Waals surface area contributed by atoms with Gasteiger partial charge in [0, 0.05) is 37.4 Å². The second kappa shape index (κ2) is 17.1. The number of hydrogen-bond acceptors (Lipinski definition) is 5. The second-order valence-electron chi connectivity index (χ2n) is 17.9. The fraction of sp³-hybridized carbons (Fsp3) is 0.175. The minimum Gasteiger partial charge on any atom is -0.499 e. The summed E-state index contributed by atoms with van der Waals surface area (Å²) in [7, 11) is 0. The van der Waals surface area contributed by atoms with Crippen molar-refractivity contribution in [1.29, 1.82) is 0 Å². The first-order chi connectivity index (χ1) is 30.5. The summed E-state index contributed by atoms with van der Waals surface area (Å²) in [4.78, 5) is 14.6. The fourth-order valence-electron chi connectivity index (χ4n) is 8.59. The third kappa shape index (κ3) is 7.74. The molecule has 0 aliphatic heterocycles. The van der Waals surface area contributed by atoms with Crippen molar-refractivity contribution in [3.63, 3.8) is 0 Å². The van der Waals surface area contributed by atoms with Crippen molar-refractivity contribution in [2.24, 2.45) is 0 Å². The minimum absolute atomic E-state index is 0. The van der Waals surface area contributed by atoms with Gasteiger partial charge in [0.15, 0.2) is 0 Å². The summed E-state index contributed by atoms with van der Waals surface area (Å²) in [5, 5.41) is 2.86. The first-order valence-electron chi connectivity index (χ1n) is 21.7. The number of hydrogen-bond donors (Lipinski definition) is 0. The van der Waals surface area contributed by atoms with Crippen molar-refractivity contribution in [2.75, 3.05) is 0 Å². The summed E-state index contributed by atoms with van der Waals surface area (Å²) in [5.41, 5.74) is 16.0. The van der Waals surface area contributed by atoms with Gasteiger partial charge >= 0.3 is 0 Å². The molecule has 319 valence electrons. The summed E-state index contributed by atoms with van der Waals surface area (Å²) in [6, 6.07) is 56.7. The van der Waals surface area contributed by atoms with Gasteiger partial charge in [-0.3, -0.25) is 4.98 Å². The Kier molecular flexibility index (Phi) is 11.4. The van der Waals surface area contributed by atoms with Crippen LogP contribution in [0.4, 0.5) is 0 Å². The van der Waals surface area contributed by atoms with E-state index in [4.69, 9.17) is 18.8 Å². The van der Waals surface area contributed by atoms with Gasteiger partial charge < -0.3 is 18.4 Å². The van der Waals surface area contributed by atoms with Gasteiger partial charge in [0.2, 0.25) is 5.71 Å². The average Bonchev–Trinajstić information content (AvgIpc) is 3.99. The van der Waals surface area contributed by atoms with Crippen molar-refractivity contribution >= 4 is 55.2 Å². The Morgan fingerprint density at radius 2 is 1.33 bits per heavy atom. The topological polar surface area (TPSA) is 69.9 Å². The summed E-state index contributed by atoms with van der Waals surface area (Å²) >= 11 is 0. The Balaban J connectivity index is 0.000000258. The van der Waals surface area contributed by atoms with Crippen LogP contribution in [0.3, 0.4) is 0 Å². The van der Waals surface area contributed by atoms with E-state index in [1.807, 2.05) is 72.9 Å². The van der Waals surface area contributed by atoms with Crippen molar-refractivity contribution in [3.05, 3.63) is 181 Å². The minimum atomic E-state index is 0. The molecule has 6 aromatic carbocycles. The van der Waals surface area contributed by atoms with Crippen LogP contribution in [-0.2, 0) is 25.5 Å². The zero-order valence-corrected chi connectivity index (χ0v) is 39.4. The predicted octanol–water partition coefficient (Wildman–Crippen LogP) is 15.4. The molecule has 0 saturated heterocycles. The number of para-hydroxylation sites is 3. The van der Waals surface area contributed by atoms with Gasteiger partial charge in [0.25, 0.3) is 0 Å². The normalized spacial score (nSPS) is 11.8. The number of furan rings is 2. The first-order valence-corrected chi connectivity index (χ1v) is 21.7. The number of fused-ring (bicyclic) bond motifs is 7. The van der Waals surface area contributed by atoms with Gasteiger partial charge in [-0.15, -0.1) is 54.1 Å². The Hall–Kier alpha value is -6.66. The first kappa shape index (κ1) is 42.6. The SMILES string of the molecule is CC(C)(C)c1ccnc(-c2[c-]cccc2)c1.CC(C)c1cc(-c2ccccc2)cc(C(C)C)c1-n1c(-c2[c-]ccc3c2oc2cc4c(nc23)oc2ccccc24)nc2ccccc21.[Ir]. The number of rotatable bonds is 6. The molecule has 0 aliphatic carbocycles. The zero-order valence-electron chi connectivity index (χ0n) is 37.0. The Labute approximate surface area is 387 Å². The summed E-state index contributed by atoms with van der Waals surface area (Å²) in [6.45, 7) is 15.7. The molecule has 0 aliphatic rings. The molecule has 11 aromatic rings. The smallest absolute Gasteiger partial charge is 0.228 e. The molecule has 0 unspecified atom stereocenters. The van der Waals surface area contributed by atoms with Gasteiger partial charge in [-0.2, -0.15) is 0 Å². The molecule has 6 nitrogen and oxygen atoms in total. The molecule has 0 fully saturated rings. The molecular formula is C57H48IrN4O2-2. The van der Waals surface area contributed by atoms with E-state index < -0.39 is 0 Å². The van der Waals surface area contributed by atoms with E-state index in [1.54, 1.807) is 0 Å². The van der Waals surface area contributed by atoms with Crippen LogP contribution in [0, 0.1) is 12.1 Å². The van der Waals surface area contributed by atoms with Crippen molar-refractivity contribution in [2.45, 2.75) is 65.7 Å². The van der Waals surface area contributed by atoms with E-state index in [9.17, 15) is 0 Å². The van der Waals surface area contributed by atoms with Crippen LogP contribution in [0.15, 0.2) is 161 Å². The van der Waals surface area contributed by atoms with Crippen LogP contribution < -0.4 is 0 Å². The van der Waals surface area contributed by atoms with Crippen LogP contribution >= 0.6 is 0 Å². The van der Waals surface area contributed by atoms with Gasteiger partial charge in [-0.25, -0.2) is 4.98 Å². The number of nitrogens with zero attached hydrogens (tertiary/aromatic N) is 4. The van der Waals surface area contributed by atoms with E-state index in [1.165, 1.54) is 33.5 Å². The molecule has 0 saturated carbocycles. The van der Waals surface area contributed by atoms with E-state index in [0.717, 1.165) is 60.9 Å². The van der Waals surface area contributed by atoms with Gasteiger partial charge in [-0.1, -0.05) is 121 Å². The molecule has 0 N–H and O–H groups in total. The fourth-order valence-corrected chi connectivity index (χ4v) is 8.59. The number of aromatic nitrogens is 4. The quantitative estimate of drug-likeness (QED) is 0.155. The van der Waals surface area contributed by atoms with Crippen LogP contribution in [0.1, 0.15) is 77.0 Å². The largest absolute Gasteiger partial charge is 0.499 e. The van der Waals surface area contributed by atoms with Gasteiger partial charge in [0.05, 0.1) is 27.8 Å². The van der Waals surface area contributed by atoms with Crippen molar-refractivity contribution < 1.29 is 28.9 Å². The number of benzene rings is 6. The maximum Gasteiger partial charge on any atom is 0.228 e. The molecule has 7 heteroatoms. The van der Waals surface area contributed by atoms with Crippen LogP contribution in [0.2, 0.25) is 0 Å². The third-order valence-corrected chi connectivity index (χ3v) is 11.9. The Morgan fingerprint density at radius 3 is 2.06 bits per heavy atom. The van der Waals surface area contributed by atoms with Crippen LogP contribution in [-0.4, -0.2) is 19.5 Å². The Morgan fingerprint density at radius 1 is 0.609 bits per heavy atom. The third-order valence-electron chi connectivity index (χ3n) is 11.9. The molecule has 5 heterocycles. The second-order valence-corrected chi connectivity index (χ2v) is 17.9. The zero-order chi connectivity index (χ0) is 43.4. The van der Waals surface area contributed by atoms with Crippen molar-refractivity contribution in [1.82, 2.24) is 19.5 Å². The number of pyridine rings is 2. The summed E-state index contributed by atoms with van der Waals surface area (Å²) in [6.07, 6.45) is 1.87. The van der Waals surface area contributed by atoms with E-state index in [0.29, 0.717) is 16.9 Å². The average molecular weight is 1010 g/mol. The van der Waals surface area contributed by atoms with Crippen LogP contribution in [0.25, 0.3) is 94.6 Å². The summed E-state index contributed by atoms with van der Waals surface area (Å²) < 4.78 is 15.2. The predicted molar refractivity (Wildman–Crippen MR) is 259 cm³/mol. The molecule has 5 aromatic heterocycles. The molecule has 0 atom stereocenters. The monoisotopic (exact) mass is 1010 g/mol. The molecule has 0 amide bonds. The number of imidazole rings is 1. The molecule has 64 heavy (non-hydrogen) atoms. The summed E-state index contributed by atoms with van der Waals surface area (Å²) in [5.74, 6) is 1.32. The van der Waals surface area contributed by atoms with E-state index >= 15 is 0 Å². The molecule has 0 bridgehead atoms. The Bertz CT molecular complexity index is 3420. The van der Waals surface area contributed by atoms with E-state index in [2.05, 4.69) is 149 Å². The molecule has 11 rings (SSSR count). The van der Waals surface area contributed by atoms with Crippen LogP contribution in [0.5, 0.6) is 0 Å². The maximum absolute atomic E-state index is 6.69. The standard InChI is InChI=1S/C42H32N3O2.C15H16N.Ir/c1-24(2)31-21-27(26-13-6-5-7-14-26)22-32(25(3)4)39(31)45-35-19-10-9-18-34(35)43-41(45)30-17-12-16-29-38-37(46-40(29)30)23-33-28-15-8-11-20-36(28)47-42(33)44-38;1-15(2,3)13-9-10-16-14(11-13)12-7-5-4-6-8-12;/h5-16,18-25H,1-4H3;4-7,9-11H,1-3H3;/q2*-1;. The maximum atomic E-state index is 6.69. The van der Waals surface area contributed by atoms with E-state index in [-0.39, 0.29) is 37.4 Å². The van der Waals surface area contributed by atoms with Crippen molar-refractivity contribution in [3.8, 4) is 39.5 Å². The molecule has 0 spiro atoms. The van der Waals surface area contributed by atoms with Gasteiger partial charge in [0.1, 0.15) is 16.7 Å². The molecular weight excluding hydrogens is 965 g/mol.